The highest BCUT2D eigenvalue weighted by molar-refractivity contribution is 5.79. The van der Waals surface area contributed by atoms with Crippen molar-refractivity contribution in [3.63, 3.8) is 0 Å². The second kappa shape index (κ2) is 10.6. The van der Waals surface area contributed by atoms with Crippen LogP contribution in [0.25, 0.3) is 0 Å². The fourth-order valence-corrected chi connectivity index (χ4v) is 2.26. The highest BCUT2D eigenvalue weighted by atomic mass is 16.5. The van der Waals surface area contributed by atoms with Crippen molar-refractivity contribution in [2.75, 3.05) is 26.2 Å². The van der Waals surface area contributed by atoms with Crippen LogP contribution < -0.4 is 20.7 Å². The fourth-order valence-electron chi connectivity index (χ4n) is 2.26. The molecule has 0 aliphatic heterocycles. The molecule has 0 aliphatic rings. The lowest BCUT2D eigenvalue weighted by molar-refractivity contribution is -0.122. The summed E-state index contributed by atoms with van der Waals surface area (Å²) in [5.74, 6) is 0.406. The van der Waals surface area contributed by atoms with E-state index in [1.165, 1.54) is 6.92 Å². The Hall–Kier alpha value is -2.08. The number of para-hydroxylation sites is 1. The minimum absolute atomic E-state index is 0.104. The highest BCUT2D eigenvalue weighted by Gasteiger charge is 2.20. The van der Waals surface area contributed by atoms with E-state index in [4.69, 9.17) is 4.74 Å². The lowest BCUT2D eigenvalue weighted by Crippen LogP contribution is -2.35. The van der Waals surface area contributed by atoms with Crippen molar-refractivity contribution in [3.05, 3.63) is 29.8 Å². The van der Waals surface area contributed by atoms with Gasteiger partial charge in [-0.25, -0.2) is 0 Å². The molecule has 6 nitrogen and oxygen atoms in total. The van der Waals surface area contributed by atoms with Crippen molar-refractivity contribution in [2.24, 2.45) is 0 Å². The molecular weight excluding hydrogens is 294 g/mol. The van der Waals surface area contributed by atoms with Crippen molar-refractivity contribution in [1.82, 2.24) is 16.0 Å². The number of rotatable bonds is 10. The summed E-state index contributed by atoms with van der Waals surface area (Å²) < 4.78 is 5.60. The SMILES string of the molecule is CCNCCNC(=O)CC(NC(C)=O)c1ccccc1OCC. The molecule has 0 spiro atoms. The summed E-state index contributed by atoms with van der Waals surface area (Å²) >= 11 is 0. The Morgan fingerprint density at radius 3 is 2.57 bits per heavy atom. The maximum absolute atomic E-state index is 12.1. The third-order valence-corrected chi connectivity index (χ3v) is 3.24. The second-order valence-corrected chi connectivity index (χ2v) is 5.13. The van der Waals surface area contributed by atoms with Gasteiger partial charge in [-0.05, 0) is 19.5 Å². The number of amides is 2. The summed E-state index contributed by atoms with van der Waals surface area (Å²) in [6, 6.07) is 7.05. The van der Waals surface area contributed by atoms with Gasteiger partial charge in [0.05, 0.1) is 19.1 Å². The topological polar surface area (TPSA) is 79.5 Å². The van der Waals surface area contributed by atoms with E-state index in [0.29, 0.717) is 18.9 Å². The quantitative estimate of drug-likeness (QED) is 0.569. The first-order valence-corrected chi connectivity index (χ1v) is 8.04. The van der Waals surface area contributed by atoms with Crippen LogP contribution in [0.3, 0.4) is 0 Å². The van der Waals surface area contributed by atoms with Crippen molar-refractivity contribution in [3.8, 4) is 5.75 Å². The van der Waals surface area contributed by atoms with Gasteiger partial charge in [-0.2, -0.15) is 0 Å². The summed E-state index contributed by atoms with van der Waals surface area (Å²) in [5.41, 5.74) is 0.811. The molecule has 1 rings (SSSR count). The van der Waals surface area contributed by atoms with Crippen molar-refractivity contribution in [2.45, 2.75) is 33.2 Å². The zero-order valence-electron chi connectivity index (χ0n) is 14.1. The van der Waals surface area contributed by atoms with E-state index in [0.717, 1.165) is 18.7 Å². The van der Waals surface area contributed by atoms with Crippen LogP contribution in [-0.2, 0) is 9.59 Å². The lowest BCUT2D eigenvalue weighted by Gasteiger charge is -2.21. The standard InChI is InChI=1S/C17H27N3O3/c1-4-18-10-11-19-17(22)12-15(20-13(3)21)14-8-6-7-9-16(14)23-5-2/h6-9,15,18H,4-5,10-12H2,1-3H3,(H,19,22)(H,20,21). The Balaban J connectivity index is 2.76. The fraction of sp³-hybridized carbons (Fsp3) is 0.529. The smallest absolute Gasteiger partial charge is 0.222 e. The van der Waals surface area contributed by atoms with Crippen molar-refractivity contribution in [1.29, 1.82) is 0 Å². The maximum Gasteiger partial charge on any atom is 0.222 e. The number of likely N-dealkylation sites (N-methyl/N-ethyl adjacent to an activating group) is 1. The second-order valence-electron chi connectivity index (χ2n) is 5.13. The van der Waals surface area contributed by atoms with Crippen LogP contribution in [0, 0.1) is 0 Å². The van der Waals surface area contributed by atoms with E-state index in [1.54, 1.807) is 0 Å². The Morgan fingerprint density at radius 2 is 1.91 bits per heavy atom. The lowest BCUT2D eigenvalue weighted by atomic mass is 10.0. The molecule has 1 aromatic carbocycles. The number of carbonyl (C=O) groups excluding carboxylic acids is 2. The van der Waals surface area contributed by atoms with Gasteiger partial charge < -0.3 is 20.7 Å². The average Bonchev–Trinajstić information content (AvgIpc) is 2.51. The van der Waals surface area contributed by atoms with E-state index in [-0.39, 0.29) is 18.2 Å². The van der Waals surface area contributed by atoms with Gasteiger partial charge in [0.25, 0.3) is 0 Å². The normalized spacial score (nSPS) is 11.6. The molecule has 0 heterocycles. The first-order chi connectivity index (χ1) is 11.1. The van der Waals surface area contributed by atoms with Gasteiger partial charge in [-0.1, -0.05) is 25.1 Å². The molecular formula is C17H27N3O3. The van der Waals surface area contributed by atoms with Crippen molar-refractivity contribution >= 4 is 11.8 Å². The molecule has 0 saturated heterocycles. The highest BCUT2D eigenvalue weighted by Crippen LogP contribution is 2.27. The molecule has 2 amide bonds. The molecule has 0 saturated carbocycles. The predicted molar refractivity (Wildman–Crippen MR) is 90.3 cm³/mol. The Labute approximate surface area is 138 Å². The predicted octanol–water partition coefficient (Wildman–Crippen LogP) is 1.38. The van der Waals surface area contributed by atoms with Gasteiger partial charge in [0, 0.05) is 25.6 Å². The number of benzene rings is 1. The number of hydrogen-bond donors (Lipinski definition) is 3. The molecule has 0 aliphatic carbocycles. The van der Waals surface area contributed by atoms with Crippen LogP contribution in [-0.4, -0.2) is 38.1 Å². The van der Waals surface area contributed by atoms with E-state index >= 15 is 0 Å². The summed E-state index contributed by atoms with van der Waals surface area (Å²) in [5, 5.41) is 8.82. The zero-order chi connectivity index (χ0) is 17.1. The van der Waals surface area contributed by atoms with Crippen LogP contribution in [0.15, 0.2) is 24.3 Å². The summed E-state index contributed by atoms with van der Waals surface area (Å²) in [6.07, 6.45) is 0.176. The van der Waals surface area contributed by atoms with Gasteiger partial charge in [0.1, 0.15) is 5.75 Å². The Bertz CT molecular complexity index is 506. The van der Waals surface area contributed by atoms with Crippen LogP contribution in [0.4, 0.5) is 0 Å². The summed E-state index contributed by atoms with van der Waals surface area (Å²) in [6.45, 7) is 8.04. The zero-order valence-corrected chi connectivity index (χ0v) is 14.1. The minimum Gasteiger partial charge on any atom is -0.494 e. The molecule has 0 radical (unpaired) electrons. The number of carbonyl (C=O) groups is 2. The van der Waals surface area contributed by atoms with Crippen LogP contribution in [0.1, 0.15) is 38.8 Å². The average molecular weight is 321 g/mol. The minimum atomic E-state index is -0.408. The van der Waals surface area contributed by atoms with Gasteiger partial charge >= 0.3 is 0 Å². The van der Waals surface area contributed by atoms with Crippen molar-refractivity contribution < 1.29 is 14.3 Å². The third-order valence-electron chi connectivity index (χ3n) is 3.24. The van der Waals surface area contributed by atoms with Gasteiger partial charge in [0.15, 0.2) is 0 Å². The van der Waals surface area contributed by atoms with Gasteiger partial charge in [-0.15, -0.1) is 0 Å². The van der Waals surface area contributed by atoms with E-state index < -0.39 is 6.04 Å². The number of nitrogens with one attached hydrogen (secondary N) is 3. The first kappa shape index (κ1) is 19.0. The molecule has 6 heteroatoms. The Morgan fingerprint density at radius 1 is 1.17 bits per heavy atom. The molecule has 0 aromatic heterocycles. The van der Waals surface area contributed by atoms with Crippen LogP contribution >= 0.6 is 0 Å². The van der Waals surface area contributed by atoms with E-state index in [1.807, 2.05) is 38.1 Å². The molecule has 3 N–H and O–H groups in total. The van der Waals surface area contributed by atoms with Crippen LogP contribution in [0.2, 0.25) is 0 Å². The molecule has 0 bridgehead atoms. The number of ether oxygens (including phenoxy) is 1. The largest absolute Gasteiger partial charge is 0.494 e. The monoisotopic (exact) mass is 321 g/mol. The molecule has 1 aromatic rings. The van der Waals surface area contributed by atoms with Gasteiger partial charge in [0.2, 0.25) is 11.8 Å². The molecule has 128 valence electrons. The summed E-state index contributed by atoms with van der Waals surface area (Å²) in [7, 11) is 0. The number of hydrogen-bond acceptors (Lipinski definition) is 4. The maximum atomic E-state index is 12.1. The van der Waals surface area contributed by atoms with Crippen LogP contribution in [0.5, 0.6) is 5.75 Å². The molecule has 23 heavy (non-hydrogen) atoms. The van der Waals surface area contributed by atoms with E-state index in [9.17, 15) is 9.59 Å². The first-order valence-electron chi connectivity index (χ1n) is 8.04. The molecule has 0 fully saturated rings. The van der Waals surface area contributed by atoms with Gasteiger partial charge in [-0.3, -0.25) is 9.59 Å². The third kappa shape index (κ3) is 7.15. The molecule has 1 atom stereocenters. The Kier molecular flexibility index (Phi) is 8.75. The molecule has 1 unspecified atom stereocenters. The van der Waals surface area contributed by atoms with E-state index in [2.05, 4.69) is 16.0 Å². The summed E-state index contributed by atoms with van der Waals surface area (Å²) in [4.78, 5) is 23.6.